The van der Waals surface area contributed by atoms with Gasteiger partial charge in [-0.2, -0.15) is 0 Å². The van der Waals surface area contributed by atoms with Gasteiger partial charge < -0.3 is 10.4 Å². The van der Waals surface area contributed by atoms with E-state index in [0.29, 0.717) is 0 Å². The van der Waals surface area contributed by atoms with Gasteiger partial charge in [0.15, 0.2) is 0 Å². The Morgan fingerprint density at radius 3 is 2.93 bits per heavy atom. The van der Waals surface area contributed by atoms with Crippen LogP contribution in [0.5, 0.6) is 0 Å². The number of nitrogens with zero attached hydrogens (tertiary/aromatic N) is 2. The summed E-state index contributed by atoms with van der Waals surface area (Å²) in [5.74, 6) is -0.367. The largest absolute Gasteiger partial charge is 0.390 e. The molecule has 0 aliphatic rings. The monoisotopic (exact) mass is 249 g/mol. The lowest BCUT2D eigenvalue weighted by Gasteiger charge is -2.07. The van der Waals surface area contributed by atoms with E-state index in [9.17, 15) is 4.79 Å². The van der Waals surface area contributed by atoms with E-state index in [2.05, 4.69) is 15.3 Å². The van der Waals surface area contributed by atoms with E-state index in [1.807, 2.05) is 0 Å². The molecule has 1 amide bonds. The molecule has 0 spiro atoms. The van der Waals surface area contributed by atoms with Crippen molar-refractivity contribution >= 4 is 29.1 Å². The highest BCUT2D eigenvalue weighted by atomic mass is 35.5. The zero-order valence-electron chi connectivity index (χ0n) is 7.65. The number of nitrogens with one attached hydrogen (secondary N) is 1. The van der Waals surface area contributed by atoms with Crippen LogP contribution in [0, 0.1) is 0 Å². The van der Waals surface area contributed by atoms with Gasteiger partial charge in [0.2, 0.25) is 0 Å². The van der Waals surface area contributed by atoms with Gasteiger partial charge in [-0.05, 0) is 0 Å². The number of amides is 1. The molecule has 15 heavy (non-hydrogen) atoms. The van der Waals surface area contributed by atoms with E-state index in [0.717, 1.165) is 0 Å². The minimum atomic E-state index is -0.770. The number of aromatic nitrogens is 2. The average molecular weight is 250 g/mol. The van der Waals surface area contributed by atoms with Crippen molar-refractivity contribution in [1.82, 2.24) is 15.3 Å². The fraction of sp³-hybridized carbons (Fsp3) is 0.375. The number of hydrogen-bond donors (Lipinski definition) is 2. The molecule has 82 valence electrons. The van der Waals surface area contributed by atoms with Crippen LogP contribution in [0.2, 0.25) is 5.15 Å². The maximum absolute atomic E-state index is 11.4. The van der Waals surface area contributed by atoms with Crippen molar-refractivity contribution in [3.63, 3.8) is 0 Å². The fourth-order valence-electron chi connectivity index (χ4n) is 0.813. The summed E-state index contributed by atoms with van der Waals surface area (Å²) in [6.07, 6.45) is 0.419. The van der Waals surface area contributed by atoms with Gasteiger partial charge in [-0.25, -0.2) is 9.97 Å². The van der Waals surface area contributed by atoms with Gasteiger partial charge in [0.1, 0.15) is 17.2 Å². The molecule has 0 saturated heterocycles. The van der Waals surface area contributed by atoms with E-state index >= 15 is 0 Å². The topological polar surface area (TPSA) is 75.1 Å². The molecule has 1 aromatic heterocycles. The van der Waals surface area contributed by atoms with Gasteiger partial charge in [-0.3, -0.25) is 4.79 Å². The number of rotatable bonds is 4. The van der Waals surface area contributed by atoms with Gasteiger partial charge in [0, 0.05) is 12.6 Å². The molecule has 0 aromatic carbocycles. The first kappa shape index (κ1) is 12.2. The third-order valence-corrected chi connectivity index (χ3v) is 2.11. The van der Waals surface area contributed by atoms with Crippen molar-refractivity contribution in [3.8, 4) is 0 Å². The first-order valence-electron chi connectivity index (χ1n) is 4.13. The number of halogens is 2. The molecule has 1 heterocycles. The summed E-state index contributed by atoms with van der Waals surface area (Å²) in [5.41, 5.74) is 0.150. The van der Waals surface area contributed by atoms with Crippen LogP contribution >= 0.6 is 23.2 Å². The summed E-state index contributed by atoms with van der Waals surface area (Å²) in [6, 6.07) is 1.34. The summed E-state index contributed by atoms with van der Waals surface area (Å²) in [5, 5.41) is 11.7. The zero-order valence-corrected chi connectivity index (χ0v) is 9.16. The van der Waals surface area contributed by atoms with Crippen LogP contribution in [-0.4, -0.2) is 39.5 Å². The molecule has 0 bridgehead atoms. The van der Waals surface area contributed by atoms with Gasteiger partial charge in [-0.15, -0.1) is 11.6 Å². The second kappa shape index (κ2) is 5.85. The van der Waals surface area contributed by atoms with E-state index in [1.165, 1.54) is 12.4 Å². The molecule has 7 heteroatoms. The molecule has 0 radical (unpaired) electrons. The van der Waals surface area contributed by atoms with Crippen LogP contribution in [-0.2, 0) is 0 Å². The Morgan fingerprint density at radius 1 is 1.60 bits per heavy atom. The van der Waals surface area contributed by atoms with Gasteiger partial charge >= 0.3 is 0 Å². The standard InChI is InChI=1S/C8H9Cl2N3O2/c9-2-5(14)3-11-8(15)6-1-7(10)13-4-12-6/h1,4-5,14H,2-3H2,(H,11,15)/t5-/m1/s1. The molecule has 0 aliphatic heterocycles. The minimum Gasteiger partial charge on any atom is -0.390 e. The summed E-state index contributed by atoms with van der Waals surface area (Å²) in [6.45, 7) is 0.0734. The highest BCUT2D eigenvalue weighted by molar-refractivity contribution is 6.29. The van der Waals surface area contributed by atoms with Gasteiger partial charge in [-0.1, -0.05) is 11.6 Å². The first-order valence-corrected chi connectivity index (χ1v) is 5.04. The number of carbonyl (C=O) groups excluding carboxylic acids is 1. The third kappa shape index (κ3) is 3.99. The van der Waals surface area contributed by atoms with Crippen LogP contribution in [0.4, 0.5) is 0 Å². The normalized spacial score (nSPS) is 12.2. The maximum Gasteiger partial charge on any atom is 0.270 e. The summed E-state index contributed by atoms with van der Waals surface area (Å²) in [4.78, 5) is 18.8. The molecule has 1 aromatic rings. The lowest BCUT2D eigenvalue weighted by molar-refractivity contribution is 0.0920. The Bertz CT molecular complexity index is 348. The average Bonchev–Trinajstić information content (AvgIpc) is 2.25. The van der Waals surface area contributed by atoms with E-state index in [1.54, 1.807) is 0 Å². The molecule has 0 saturated carbocycles. The van der Waals surface area contributed by atoms with Crippen molar-refractivity contribution in [2.45, 2.75) is 6.10 Å². The summed E-state index contributed by atoms with van der Waals surface area (Å²) in [7, 11) is 0. The predicted octanol–water partition coefficient (Wildman–Crippen LogP) is 0.459. The fourth-order valence-corrected chi connectivity index (χ4v) is 1.07. The number of hydrogen-bond acceptors (Lipinski definition) is 4. The van der Waals surface area contributed by atoms with E-state index in [4.69, 9.17) is 28.3 Å². The Morgan fingerprint density at radius 2 is 2.33 bits per heavy atom. The van der Waals surface area contributed by atoms with Gasteiger partial charge in [0.05, 0.1) is 12.0 Å². The highest BCUT2D eigenvalue weighted by Gasteiger charge is 2.09. The number of aliphatic hydroxyl groups excluding tert-OH is 1. The first-order chi connectivity index (χ1) is 7.13. The van der Waals surface area contributed by atoms with E-state index in [-0.39, 0.29) is 23.3 Å². The molecule has 5 nitrogen and oxygen atoms in total. The van der Waals surface area contributed by atoms with Crippen molar-refractivity contribution in [3.05, 3.63) is 23.2 Å². The smallest absolute Gasteiger partial charge is 0.270 e. The lowest BCUT2D eigenvalue weighted by Crippen LogP contribution is -2.33. The Hall–Kier alpha value is -0.910. The Kier molecular flexibility index (Phi) is 4.74. The molecule has 0 aliphatic carbocycles. The molecule has 1 rings (SSSR count). The maximum atomic E-state index is 11.4. The Balaban J connectivity index is 2.54. The number of alkyl halides is 1. The second-order valence-corrected chi connectivity index (χ2v) is 3.44. The van der Waals surface area contributed by atoms with Crippen molar-refractivity contribution < 1.29 is 9.90 Å². The molecular weight excluding hydrogens is 241 g/mol. The molecule has 0 fully saturated rings. The molecule has 0 unspecified atom stereocenters. The van der Waals surface area contributed by atoms with E-state index < -0.39 is 12.0 Å². The van der Waals surface area contributed by atoms with Crippen molar-refractivity contribution in [2.75, 3.05) is 12.4 Å². The predicted molar refractivity (Wildman–Crippen MR) is 56.1 cm³/mol. The molecular formula is C8H9Cl2N3O2. The van der Waals surface area contributed by atoms with Gasteiger partial charge in [0.25, 0.3) is 5.91 Å². The van der Waals surface area contributed by atoms with Crippen molar-refractivity contribution in [2.24, 2.45) is 0 Å². The molecule has 2 N–H and O–H groups in total. The highest BCUT2D eigenvalue weighted by Crippen LogP contribution is 2.03. The minimum absolute atomic E-state index is 0.0603. The number of aliphatic hydroxyl groups is 1. The summed E-state index contributed by atoms with van der Waals surface area (Å²) >= 11 is 10.9. The summed E-state index contributed by atoms with van der Waals surface area (Å²) < 4.78 is 0. The lowest BCUT2D eigenvalue weighted by atomic mass is 10.3. The van der Waals surface area contributed by atoms with Crippen LogP contribution in [0.15, 0.2) is 12.4 Å². The SMILES string of the molecule is O=C(NC[C@H](O)CCl)c1cc(Cl)ncn1. The number of carbonyl (C=O) groups is 1. The molecule has 1 atom stereocenters. The van der Waals surface area contributed by atoms with Crippen molar-refractivity contribution in [1.29, 1.82) is 0 Å². The Labute approximate surface area is 96.4 Å². The quantitative estimate of drug-likeness (QED) is 0.601. The third-order valence-electron chi connectivity index (χ3n) is 1.54. The van der Waals surface area contributed by atoms with Crippen LogP contribution in [0.3, 0.4) is 0 Å². The zero-order chi connectivity index (χ0) is 11.3. The van der Waals surface area contributed by atoms with Crippen LogP contribution in [0.25, 0.3) is 0 Å². The second-order valence-electron chi connectivity index (χ2n) is 2.74. The van der Waals surface area contributed by atoms with Crippen LogP contribution in [0.1, 0.15) is 10.5 Å². The van der Waals surface area contributed by atoms with Crippen LogP contribution < -0.4 is 5.32 Å².